The Hall–Kier alpha value is -4.58. The zero-order chi connectivity index (χ0) is 28.0. The van der Waals surface area contributed by atoms with Gasteiger partial charge in [-0.1, -0.05) is 23.5 Å². The standard InChI is InChI=1S/C28H21F3N6O2S/c1-15-13-37(14-33-15)22-10-20(28(29,30)31)9-21(11-22)34-25(39)18-4-2-3-17(7-18)19-8-23-26(32-12-19)40-27(35-23)36-24(38)16-5-6-16/h2-4,7-14,16H,5-6H2,1H3,(H,34,39)(H,35,36,38). The Bertz CT molecular complexity index is 1770. The third kappa shape index (κ3) is 5.43. The fourth-order valence-electron chi connectivity index (χ4n) is 4.19. The Morgan fingerprint density at radius 1 is 1.02 bits per heavy atom. The molecule has 202 valence electrons. The predicted molar refractivity (Wildman–Crippen MR) is 145 cm³/mol. The maximum atomic E-state index is 13.6. The summed E-state index contributed by atoms with van der Waals surface area (Å²) in [6.07, 6.45) is 1.84. The summed E-state index contributed by atoms with van der Waals surface area (Å²) in [7, 11) is 0. The Balaban J connectivity index is 1.25. The van der Waals surface area contributed by atoms with Crippen molar-refractivity contribution in [2.24, 2.45) is 5.92 Å². The first-order valence-corrected chi connectivity index (χ1v) is 13.2. The van der Waals surface area contributed by atoms with Crippen molar-refractivity contribution < 1.29 is 22.8 Å². The molecule has 6 rings (SSSR count). The van der Waals surface area contributed by atoms with Gasteiger partial charge in [0, 0.05) is 40.8 Å². The first kappa shape index (κ1) is 25.7. The highest BCUT2D eigenvalue weighted by atomic mass is 32.1. The van der Waals surface area contributed by atoms with Gasteiger partial charge in [0.2, 0.25) is 5.91 Å². The highest BCUT2D eigenvalue weighted by Gasteiger charge is 2.32. The minimum absolute atomic E-state index is 0.00193. The molecule has 40 heavy (non-hydrogen) atoms. The molecule has 1 aliphatic carbocycles. The number of halogens is 3. The summed E-state index contributed by atoms with van der Waals surface area (Å²) < 4.78 is 42.3. The number of aromatic nitrogens is 4. The lowest BCUT2D eigenvalue weighted by atomic mass is 10.0. The zero-order valence-electron chi connectivity index (χ0n) is 21.0. The topological polar surface area (TPSA) is 102 Å². The molecule has 0 radical (unpaired) electrons. The number of carbonyl (C=O) groups excluding carboxylic acids is 2. The summed E-state index contributed by atoms with van der Waals surface area (Å²) in [6, 6.07) is 11.9. The van der Waals surface area contributed by atoms with Gasteiger partial charge in [-0.3, -0.25) is 9.59 Å². The van der Waals surface area contributed by atoms with Crippen LogP contribution in [-0.2, 0) is 11.0 Å². The van der Waals surface area contributed by atoms with Crippen LogP contribution in [0.3, 0.4) is 0 Å². The van der Waals surface area contributed by atoms with Crippen LogP contribution in [-0.4, -0.2) is 31.3 Å². The number of anilines is 2. The van der Waals surface area contributed by atoms with E-state index in [9.17, 15) is 22.8 Å². The number of aryl methyl sites for hydroxylation is 1. The lowest BCUT2D eigenvalue weighted by Gasteiger charge is -2.14. The molecule has 1 saturated carbocycles. The van der Waals surface area contributed by atoms with Crippen molar-refractivity contribution in [2.75, 3.05) is 10.6 Å². The van der Waals surface area contributed by atoms with Crippen LogP contribution in [0.15, 0.2) is 67.3 Å². The molecule has 0 aliphatic heterocycles. The molecule has 2 N–H and O–H groups in total. The molecule has 5 aromatic rings. The van der Waals surface area contributed by atoms with E-state index in [0.29, 0.717) is 32.3 Å². The van der Waals surface area contributed by atoms with Crippen LogP contribution in [0.4, 0.5) is 24.0 Å². The summed E-state index contributed by atoms with van der Waals surface area (Å²) in [5.74, 6) is -0.547. The number of hydrogen-bond acceptors (Lipinski definition) is 6. The molecule has 3 heterocycles. The minimum Gasteiger partial charge on any atom is -0.322 e. The molecule has 0 saturated heterocycles. The predicted octanol–water partition coefficient (Wildman–Crippen LogP) is 6.47. The van der Waals surface area contributed by atoms with E-state index >= 15 is 0 Å². The van der Waals surface area contributed by atoms with E-state index < -0.39 is 17.6 Å². The third-order valence-electron chi connectivity index (χ3n) is 6.40. The van der Waals surface area contributed by atoms with E-state index in [-0.39, 0.29) is 28.8 Å². The van der Waals surface area contributed by atoms with Crippen molar-refractivity contribution in [3.8, 4) is 16.8 Å². The van der Waals surface area contributed by atoms with Crippen molar-refractivity contribution in [2.45, 2.75) is 25.9 Å². The number of pyridine rings is 1. The Morgan fingerprint density at radius 2 is 1.85 bits per heavy atom. The first-order chi connectivity index (χ1) is 19.1. The fourth-order valence-corrected chi connectivity index (χ4v) is 4.98. The van der Waals surface area contributed by atoms with E-state index in [2.05, 4.69) is 25.6 Å². The highest BCUT2D eigenvalue weighted by molar-refractivity contribution is 7.21. The number of nitrogens with one attached hydrogen (secondary N) is 2. The number of benzene rings is 2. The van der Waals surface area contributed by atoms with Crippen LogP contribution in [0.5, 0.6) is 0 Å². The van der Waals surface area contributed by atoms with E-state index in [1.807, 2.05) is 6.07 Å². The van der Waals surface area contributed by atoms with Crippen LogP contribution in [0.2, 0.25) is 0 Å². The number of amides is 2. The summed E-state index contributed by atoms with van der Waals surface area (Å²) in [6.45, 7) is 1.73. The Kier molecular flexibility index (Phi) is 6.34. The van der Waals surface area contributed by atoms with Gasteiger partial charge in [-0.2, -0.15) is 13.2 Å². The van der Waals surface area contributed by atoms with E-state index in [1.54, 1.807) is 43.6 Å². The van der Waals surface area contributed by atoms with Gasteiger partial charge in [-0.25, -0.2) is 15.0 Å². The normalized spacial score (nSPS) is 13.4. The molecule has 2 aromatic carbocycles. The molecular formula is C28H21F3N6O2S. The van der Waals surface area contributed by atoms with E-state index in [1.165, 1.54) is 28.3 Å². The fraction of sp³-hybridized carbons (Fsp3) is 0.179. The molecule has 12 heteroatoms. The highest BCUT2D eigenvalue weighted by Crippen LogP contribution is 2.34. The van der Waals surface area contributed by atoms with Crippen molar-refractivity contribution in [3.63, 3.8) is 0 Å². The second-order valence-corrected chi connectivity index (χ2v) is 10.5. The van der Waals surface area contributed by atoms with E-state index in [4.69, 9.17) is 0 Å². The first-order valence-electron chi connectivity index (χ1n) is 12.3. The average Bonchev–Trinajstić information content (AvgIpc) is 3.57. The third-order valence-corrected chi connectivity index (χ3v) is 7.29. The van der Waals surface area contributed by atoms with Crippen molar-refractivity contribution in [1.82, 2.24) is 19.5 Å². The van der Waals surface area contributed by atoms with Gasteiger partial charge >= 0.3 is 6.18 Å². The van der Waals surface area contributed by atoms with Gasteiger partial charge in [0.15, 0.2) is 5.13 Å². The maximum absolute atomic E-state index is 13.6. The smallest absolute Gasteiger partial charge is 0.322 e. The molecule has 0 unspecified atom stereocenters. The van der Waals surface area contributed by atoms with Crippen molar-refractivity contribution >= 4 is 44.3 Å². The number of imidazole rings is 1. The molecule has 2 amide bonds. The molecule has 3 aromatic heterocycles. The van der Waals surface area contributed by atoms with Gasteiger partial charge in [0.1, 0.15) is 10.3 Å². The number of rotatable bonds is 6. The summed E-state index contributed by atoms with van der Waals surface area (Å²) in [5, 5.41) is 5.90. The van der Waals surface area contributed by atoms with Crippen LogP contribution < -0.4 is 10.6 Å². The van der Waals surface area contributed by atoms with Gasteiger partial charge in [-0.05, 0) is 61.7 Å². The second-order valence-electron chi connectivity index (χ2n) is 9.55. The van der Waals surface area contributed by atoms with Crippen molar-refractivity contribution in [3.05, 3.63) is 84.1 Å². The number of alkyl halides is 3. The summed E-state index contributed by atoms with van der Waals surface area (Å²) in [5.41, 5.74) is 2.20. The van der Waals surface area contributed by atoms with Crippen LogP contribution in [0.1, 0.15) is 34.5 Å². The summed E-state index contributed by atoms with van der Waals surface area (Å²) >= 11 is 1.28. The molecule has 1 fully saturated rings. The quantitative estimate of drug-likeness (QED) is 0.247. The largest absolute Gasteiger partial charge is 0.416 e. The molecule has 8 nitrogen and oxygen atoms in total. The molecule has 1 aliphatic rings. The number of nitrogens with zero attached hydrogens (tertiary/aromatic N) is 4. The van der Waals surface area contributed by atoms with Gasteiger partial charge in [-0.15, -0.1) is 0 Å². The van der Waals surface area contributed by atoms with Gasteiger partial charge < -0.3 is 15.2 Å². The lowest BCUT2D eigenvalue weighted by molar-refractivity contribution is -0.137. The SMILES string of the molecule is Cc1cn(-c2cc(NC(=O)c3cccc(-c4cnc5sc(NC(=O)C6CC6)nc5c4)c3)cc(C(F)(F)F)c2)cn1. The van der Waals surface area contributed by atoms with E-state index in [0.717, 1.165) is 25.0 Å². The zero-order valence-corrected chi connectivity index (χ0v) is 21.8. The molecular weight excluding hydrogens is 541 g/mol. The van der Waals surface area contributed by atoms with Crippen LogP contribution >= 0.6 is 11.3 Å². The number of carbonyl (C=O) groups is 2. The molecule has 0 atom stereocenters. The molecule has 0 spiro atoms. The number of thiazole rings is 1. The second kappa shape index (κ2) is 9.87. The van der Waals surface area contributed by atoms with Crippen LogP contribution in [0, 0.1) is 12.8 Å². The lowest BCUT2D eigenvalue weighted by Crippen LogP contribution is -2.14. The van der Waals surface area contributed by atoms with Crippen molar-refractivity contribution in [1.29, 1.82) is 0 Å². The maximum Gasteiger partial charge on any atom is 0.416 e. The van der Waals surface area contributed by atoms with Gasteiger partial charge in [0.25, 0.3) is 5.91 Å². The Labute approximate surface area is 229 Å². The monoisotopic (exact) mass is 562 g/mol. The van der Waals surface area contributed by atoms with Crippen LogP contribution in [0.25, 0.3) is 27.2 Å². The average molecular weight is 563 g/mol. The van der Waals surface area contributed by atoms with Gasteiger partial charge in [0.05, 0.1) is 17.6 Å². The summed E-state index contributed by atoms with van der Waals surface area (Å²) in [4.78, 5) is 38.8. The minimum atomic E-state index is -4.60. The molecule has 0 bridgehead atoms. The number of fused-ring (bicyclic) bond motifs is 1. The Morgan fingerprint density at radius 3 is 2.58 bits per heavy atom. The number of hydrogen-bond donors (Lipinski definition) is 2.